The summed E-state index contributed by atoms with van der Waals surface area (Å²) in [6.45, 7) is 5.40. The number of aliphatic carboxylic acids is 1. The predicted molar refractivity (Wildman–Crippen MR) is 81.4 cm³/mol. The van der Waals surface area contributed by atoms with Crippen molar-refractivity contribution in [3.8, 4) is 0 Å². The molecule has 0 radical (unpaired) electrons. The van der Waals surface area contributed by atoms with Gasteiger partial charge in [-0.25, -0.2) is 0 Å². The van der Waals surface area contributed by atoms with Crippen LogP contribution >= 0.6 is 0 Å². The van der Waals surface area contributed by atoms with E-state index < -0.39 is 5.97 Å². The van der Waals surface area contributed by atoms with Crippen LogP contribution in [0.3, 0.4) is 0 Å². The Bertz CT molecular complexity index is 519. The van der Waals surface area contributed by atoms with Crippen molar-refractivity contribution in [1.82, 2.24) is 5.32 Å². The lowest BCUT2D eigenvalue weighted by Gasteiger charge is -2.19. The number of hydrogen-bond donors (Lipinski definition) is 2. The number of hydrogen-bond acceptors (Lipinski definition) is 3. The van der Waals surface area contributed by atoms with Crippen LogP contribution in [0.2, 0.25) is 0 Å². The first kappa shape index (κ1) is 15.7. The van der Waals surface area contributed by atoms with Crippen LogP contribution in [0.25, 0.3) is 0 Å². The van der Waals surface area contributed by atoms with Crippen molar-refractivity contribution >= 4 is 11.8 Å². The largest absolute Gasteiger partial charge is 0.481 e. The fourth-order valence-corrected chi connectivity index (χ4v) is 2.91. The fraction of sp³-hybridized carbons (Fsp3) is 0.529. The molecule has 4 heteroatoms. The number of nitrogens with one attached hydrogen (secondary N) is 1. The lowest BCUT2D eigenvalue weighted by molar-refractivity contribution is -0.143. The number of rotatable bonds is 6. The van der Waals surface area contributed by atoms with Gasteiger partial charge in [-0.05, 0) is 43.5 Å². The molecule has 0 aliphatic carbocycles. The SMILES string of the molecule is CC(C)C(=O)c1cccc(C[C@@H](C(=O)O)[C@@H]2CCNC2)c1. The zero-order valence-corrected chi connectivity index (χ0v) is 12.6. The number of carbonyl (C=O) groups excluding carboxylic acids is 1. The van der Waals surface area contributed by atoms with Gasteiger partial charge in [-0.3, -0.25) is 9.59 Å². The summed E-state index contributed by atoms with van der Waals surface area (Å²) in [7, 11) is 0. The normalized spacial score (nSPS) is 19.7. The molecule has 1 aromatic carbocycles. The summed E-state index contributed by atoms with van der Waals surface area (Å²) in [4.78, 5) is 23.6. The molecule has 0 spiro atoms. The maximum Gasteiger partial charge on any atom is 0.307 e. The molecule has 2 atom stereocenters. The number of carboxylic acid groups (broad SMARTS) is 1. The van der Waals surface area contributed by atoms with Crippen LogP contribution in [0, 0.1) is 17.8 Å². The molecule has 2 rings (SSSR count). The highest BCUT2D eigenvalue weighted by molar-refractivity contribution is 5.97. The first-order chi connectivity index (χ1) is 9.99. The van der Waals surface area contributed by atoms with Gasteiger partial charge < -0.3 is 10.4 Å². The topological polar surface area (TPSA) is 66.4 Å². The number of ketones is 1. The van der Waals surface area contributed by atoms with Gasteiger partial charge in [0.05, 0.1) is 5.92 Å². The highest BCUT2D eigenvalue weighted by Gasteiger charge is 2.30. The molecule has 0 unspecified atom stereocenters. The molecular weight excluding hydrogens is 266 g/mol. The molecular formula is C17H23NO3. The van der Waals surface area contributed by atoms with Crippen molar-refractivity contribution in [2.75, 3.05) is 13.1 Å². The average molecular weight is 289 g/mol. The second-order valence-electron chi connectivity index (χ2n) is 6.12. The quantitative estimate of drug-likeness (QED) is 0.789. The zero-order chi connectivity index (χ0) is 15.4. The Labute approximate surface area is 125 Å². The van der Waals surface area contributed by atoms with Crippen LogP contribution in [0.4, 0.5) is 0 Å². The van der Waals surface area contributed by atoms with E-state index in [0.717, 1.165) is 25.1 Å². The molecule has 1 fully saturated rings. The summed E-state index contributed by atoms with van der Waals surface area (Å²) in [5.41, 5.74) is 1.61. The van der Waals surface area contributed by atoms with Gasteiger partial charge in [0.25, 0.3) is 0 Å². The molecule has 114 valence electrons. The molecule has 1 aromatic rings. The van der Waals surface area contributed by atoms with Crippen molar-refractivity contribution in [2.45, 2.75) is 26.7 Å². The third-order valence-electron chi connectivity index (χ3n) is 4.18. The summed E-state index contributed by atoms with van der Waals surface area (Å²) >= 11 is 0. The molecule has 1 saturated heterocycles. The molecule has 2 N–H and O–H groups in total. The van der Waals surface area contributed by atoms with Gasteiger partial charge in [-0.15, -0.1) is 0 Å². The van der Waals surface area contributed by atoms with Crippen molar-refractivity contribution in [3.05, 3.63) is 35.4 Å². The summed E-state index contributed by atoms with van der Waals surface area (Å²) in [5, 5.41) is 12.7. The summed E-state index contributed by atoms with van der Waals surface area (Å²) in [5.74, 6) is -0.901. The Kier molecular flexibility index (Phi) is 5.12. The highest BCUT2D eigenvalue weighted by Crippen LogP contribution is 2.24. The predicted octanol–water partition coefficient (Wildman–Crippen LogP) is 2.38. The van der Waals surface area contributed by atoms with E-state index in [9.17, 15) is 14.7 Å². The lowest BCUT2D eigenvalue weighted by atomic mass is 9.85. The van der Waals surface area contributed by atoms with E-state index in [1.807, 2.05) is 32.0 Å². The van der Waals surface area contributed by atoms with Crippen LogP contribution < -0.4 is 5.32 Å². The van der Waals surface area contributed by atoms with E-state index in [0.29, 0.717) is 12.0 Å². The number of carbonyl (C=O) groups is 2. The Balaban J connectivity index is 2.15. The van der Waals surface area contributed by atoms with Crippen LogP contribution in [0.15, 0.2) is 24.3 Å². The first-order valence-corrected chi connectivity index (χ1v) is 7.55. The Morgan fingerprint density at radius 2 is 2.14 bits per heavy atom. The third kappa shape index (κ3) is 3.91. The monoisotopic (exact) mass is 289 g/mol. The van der Waals surface area contributed by atoms with Crippen LogP contribution in [0.5, 0.6) is 0 Å². The first-order valence-electron chi connectivity index (χ1n) is 7.55. The van der Waals surface area contributed by atoms with Gasteiger partial charge in [0.15, 0.2) is 5.78 Å². The number of carboxylic acids is 1. The third-order valence-corrected chi connectivity index (χ3v) is 4.18. The summed E-state index contributed by atoms with van der Waals surface area (Å²) in [6, 6.07) is 7.41. The van der Waals surface area contributed by atoms with Crippen LogP contribution in [-0.4, -0.2) is 29.9 Å². The van der Waals surface area contributed by atoms with Crippen LogP contribution in [-0.2, 0) is 11.2 Å². The standard InChI is InChI=1S/C17H23NO3/c1-11(2)16(19)13-5-3-4-12(8-13)9-15(17(20)21)14-6-7-18-10-14/h3-5,8,11,14-15,18H,6-7,9-10H2,1-2H3,(H,20,21)/t14-,15-/m1/s1. The van der Waals surface area contributed by atoms with Gasteiger partial charge in [-0.2, -0.15) is 0 Å². The van der Waals surface area contributed by atoms with Gasteiger partial charge in [0, 0.05) is 11.5 Å². The molecule has 1 aliphatic heterocycles. The zero-order valence-electron chi connectivity index (χ0n) is 12.6. The Hall–Kier alpha value is -1.68. The average Bonchev–Trinajstić information content (AvgIpc) is 2.97. The van der Waals surface area contributed by atoms with Crippen molar-refractivity contribution in [2.24, 2.45) is 17.8 Å². The molecule has 0 saturated carbocycles. The van der Waals surface area contributed by atoms with Gasteiger partial charge in [0.1, 0.15) is 0 Å². The molecule has 21 heavy (non-hydrogen) atoms. The maximum atomic E-state index is 12.0. The molecule has 4 nitrogen and oxygen atoms in total. The van der Waals surface area contributed by atoms with E-state index in [1.54, 1.807) is 6.07 Å². The summed E-state index contributed by atoms with van der Waals surface area (Å²) < 4.78 is 0. The molecule has 0 amide bonds. The number of Topliss-reactive ketones (excluding diaryl/α,β-unsaturated/α-hetero) is 1. The lowest BCUT2D eigenvalue weighted by Crippen LogP contribution is -2.27. The molecule has 0 aromatic heterocycles. The van der Waals surface area contributed by atoms with Gasteiger partial charge >= 0.3 is 5.97 Å². The van der Waals surface area contributed by atoms with Gasteiger partial charge in [0.2, 0.25) is 0 Å². The Morgan fingerprint density at radius 1 is 1.38 bits per heavy atom. The Morgan fingerprint density at radius 3 is 2.71 bits per heavy atom. The van der Waals surface area contributed by atoms with Crippen molar-refractivity contribution in [1.29, 1.82) is 0 Å². The molecule has 0 bridgehead atoms. The van der Waals surface area contributed by atoms with E-state index in [1.165, 1.54) is 0 Å². The molecule has 1 aliphatic rings. The van der Waals surface area contributed by atoms with E-state index in [-0.39, 0.29) is 23.5 Å². The van der Waals surface area contributed by atoms with Crippen molar-refractivity contribution < 1.29 is 14.7 Å². The van der Waals surface area contributed by atoms with E-state index in [2.05, 4.69) is 5.32 Å². The minimum absolute atomic E-state index is 0.0467. The van der Waals surface area contributed by atoms with Gasteiger partial charge in [-0.1, -0.05) is 32.0 Å². The summed E-state index contributed by atoms with van der Waals surface area (Å²) in [6.07, 6.45) is 1.39. The fourth-order valence-electron chi connectivity index (χ4n) is 2.91. The second-order valence-corrected chi connectivity index (χ2v) is 6.12. The van der Waals surface area contributed by atoms with E-state index >= 15 is 0 Å². The minimum Gasteiger partial charge on any atom is -0.481 e. The minimum atomic E-state index is -0.746. The number of benzene rings is 1. The maximum absolute atomic E-state index is 12.0. The van der Waals surface area contributed by atoms with Crippen LogP contribution in [0.1, 0.15) is 36.2 Å². The van der Waals surface area contributed by atoms with E-state index in [4.69, 9.17) is 0 Å². The second kappa shape index (κ2) is 6.85. The highest BCUT2D eigenvalue weighted by atomic mass is 16.4. The molecule has 1 heterocycles. The smallest absolute Gasteiger partial charge is 0.307 e. The van der Waals surface area contributed by atoms with Crippen molar-refractivity contribution in [3.63, 3.8) is 0 Å².